The Morgan fingerprint density at radius 3 is 2.69 bits per heavy atom. The highest BCUT2D eigenvalue weighted by Crippen LogP contribution is 2.19. The number of carbonyl (C=O) groups is 1. The molecule has 0 aliphatic heterocycles. The SMILES string of the molecule is COCCC[S+]([O-])c1ccc(C(=N)C(=O)Nc2ncc(COC)s2)cc1. The first-order valence-corrected chi connectivity index (χ1v) is 10.00. The van der Waals surface area contributed by atoms with Crippen molar-refractivity contribution in [2.75, 3.05) is 31.9 Å². The van der Waals surface area contributed by atoms with Crippen molar-refractivity contribution in [2.45, 2.75) is 17.9 Å². The zero-order valence-electron chi connectivity index (χ0n) is 14.6. The van der Waals surface area contributed by atoms with Gasteiger partial charge in [-0.25, -0.2) is 4.98 Å². The van der Waals surface area contributed by atoms with E-state index in [4.69, 9.17) is 14.9 Å². The fourth-order valence-electron chi connectivity index (χ4n) is 2.09. The molecule has 0 aliphatic rings. The smallest absolute Gasteiger partial charge is 0.275 e. The molecule has 26 heavy (non-hydrogen) atoms. The highest BCUT2D eigenvalue weighted by Gasteiger charge is 2.16. The van der Waals surface area contributed by atoms with E-state index in [1.165, 1.54) is 11.3 Å². The maximum atomic E-state index is 12.2. The number of thiazole rings is 1. The lowest BCUT2D eigenvalue weighted by Crippen LogP contribution is -2.22. The van der Waals surface area contributed by atoms with Crippen molar-refractivity contribution < 1.29 is 18.8 Å². The van der Waals surface area contributed by atoms with Crippen molar-refractivity contribution >= 4 is 39.3 Å². The summed E-state index contributed by atoms with van der Waals surface area (Å²) in [6, 6.07) is 6.62. The molecule has 2 aromatic rings. The number of ether oxygens (including phenoxy) is 2. The topological polar surface area (TPSA) is 107 Å². The number of hydrogen-bond acceptors (Lipinski definition) is 7. The monoisotopic (exact) mass is 395 g/mol. The maximum absolute atomic E-state index is 12.2. The molecule has 2 N–H and O–H groups in total. The van der Waals surface area contributed by atoms with Crippen LogP contribution in [0.25, 0.3) is 0 Å². The van der Waals surface area contributed by atoms with Gasteiger partial charge >= 0.3 is 0 Å². The van der Waals surface area contributed by atoms with Gasteiger partial charge in [0.2, 0.25) is 0 Å². The van der Waals surface area contributed by atoms with Crippen LogP contribution < -0.4 is 5.32 Å². The van der Waals surface area contributed by atoms with Gasteiger partial charge in [0.05, 0.1) is 18.1 Å². The quantitative estimate of drug-likeness (QED) is 0.365. The van der Waals surface area contributed by atoms with Gasteiger partial charge in [-0.15, -0.1) is 0 Å². The third-order valence-electron chi connectivity index (χ3n) is 3.37. The average Bonchev–Trinajstić information content (AvgIpc) is 3.08. The van der Waals surface area contributed by atoms with Gasteiger partial charge in [0.15, 0.2) is 10.0 Å². The number of rotatable bonds is 10. The number of benzene rings is 1. The summed E-state index contributed by atoms with van der Waals surface area (Å²) in [4.78, 5) is 17.8. The Balaban J connectivity index is 1.94. The Hall–Kier alpha value is -1.78. The van der Waals surface area contributed by atoms with E-state index in [9.17, 15) is 9.35 Å². The number of anilines is 1. The molecule has 2 rings (SSSR count). The van der Waals surface area contributed by atoms with Crippen molar-refractivity contribution in [3.63, 3.8) is 0 Å². The van der Waals surface area contributed by atoms with Crippen molar-refractivity contribution in [1.82, 2.24) is 4.98 Å². The molecular formula is C17H21N3O4S2. The molecule has 1 amide bonds. The molecular weight excluding hydrogens is 374 g/mol. The van der Waals surface area contributed by atoms with E-state index in [1.54, 1.807) is 44.7 Å². The Kier molecular flexibility index (Phi) is 8.20. The van der Waals surface area contributed by atoms with Gasteiger partial charge in [-0.2, -0.15) is 0 Å². The van der Waals surface area contributed by atoms with Gasteiger partial charge in [0.25, 0.3) is 5.91 Å². The van der Waals surface area contributed by atoms with Crippen LogP contribution in [0.5, 0.6) is 0 Å². The third-order valence-corrected chi connectivity index (χ3v) is 5.72. The minimum atomic E-state index is -1.12. The second-order valence-electron chi connectivity index (χ2n) is 5.31. The van der Waals surface area contributed by atoms with Crippen LogP contribution in [-0.2, 0) is 32.1 Å². The van der Waals surface area contributed by atoms with Crippen LogP contribution in [0, 0.1) is 5.41 Å². The second kappa shape index (κ2) is 10.4. The second-order valence-corrected chi connectivity index (χ2v) is 8.00. The summed E-state index contributed by atoms with van der Waals surface area (Å²) in [6.07, 6.45) is 2.34. The molecule has 1 unspecified atom stereocenters. The summed E-state index contributed by atoms with van der Waals surface area (Å²) in [5, 5.41) is 11.1. The van der Waals surface area contributed by atoms with E-state index in [0.717, 1.165) is 4.88 Å². The van der Waals surface area contributed by atoms with Crippen molar-refractivity contribution in [3.8, 4) is 0 Å². The van der Waals surface area contributed by atoms with Gasteiger partial charge in [-0.1, -0.05) is 11.3 Å². The van der Waals surface area contributed by atoms with E-state index in [0.29, 0.717) is 41.0 Å². The van der Waals surface area contributed by atoms with Crippen LogP contribution in [0.2, 0.25) is 0 Å². The lowest BCUT2D eigenvalue weighted by Gasteiger charge is -2.11. The first-order valence-electron chi connectivity index (χ1n) is 7.86. The van der Waals surface area contributed by atoms with Crippen LogP contribution in [0.1, 0.15) is 16.9 Å². The lowest BCUT2D eigenvalue weighted by molar-refractivity contribution is -0.110. The first-order chi connectivity index (χ1) is 12.5. The van der Waals surface area contributed by atoms with E-state index in [2.05, 4.69) is 10.3 Å². The molecule has 0 fully saturated rings. The summed E-state index contributed by atoms with van der Waals surface area (Å²) in [5.41, 5.74) is 0.277. The standard InChI is InChI=1S/C17H21N3O4S2/c1-23-8-3-9-26(22)14-6-4-12(5-7-14)15(18)16(21)20-17-19-10-13(25-17)11-24-2/h4-7,10,18H,3,8-9,11H2,1-2H3,(H,19,20,21). The Bertz CT molecular complexity index is 734. The van der Waals surface area contributed by atoms with E-state index in [-0.39, 0.29) is 5.71 Å². The number of amides is 1. The summed E-state index contributed by atoms with van der Waals surface area (Å²) in [7, 11) is 3.19. The predicted octanol–water partition coefficient (Wildman–Crippen LogP) is 2.44. The fraction of sp³-hybridized carbons (Fsp3) is 0.353. The zero-order chi connectivity index (χ0) is 18.9. The van der Waals surface area contributed by atoms with Crippen molar-refractivity contribution in [2.24, 2.45) is 0 Å². The molecule has 9 heteroatoms. The first kappa shape index (κ1) is 20.5. The molecule has 0 radical (unpaired) electrons. The number of methoxy groups -OCH3 is 2. The number of nitrogens with one attached hydrogen (secondary N) is 2. The highest BCUT2D eigenvalue weighted by atomic mass is 32.2. The molecule has 1 aromatic carbocycles. The summed E-state index contributed by atoms with van der Waals surface area (Å²) in [6.45, 7) is 0.992. The van der Waals surface area contributed by atoms with Crippen molar-refractivity contribution in [1.29, 1.82) is 5.41 Å². The number of aromatic nitrogens is 1. The fourth-order valence-corrected chi connectivity index (χ4v) is 3.93. The van der Waals surface area contributed by atoms with Gasteiger partial charge in [0, 0.05) is 32.4 Å². The number of hydrogen-bond donors (Lipinski definition) is 2. The maximum Gasteiger partial charge on any atom is 0.275 e. The molecule has 0 saturated carbocycles. The minimum Gasteiger partial charge on any atom is -0.611 e. The number of nitrogens with zero attached hydrogens (tertiary/aromatic N) is 1. The molecule has 0 spiro atoms. The van der Waals surface area contributed by atoms with E-state index in [1.807, 2.05) is 0 Å². The van der Waals surface area contributed by atoms with Gasteiger partial charge in [-0.05, 0) is 35.4 Å². The average molecular weight is 396 g/mol. The normalized spacial score (nSPS) is 12.0. The van der Waals surface area contributed by atoms with Crippen LogP contribution in [0.3, 0.4) is 0 Å². The third kappa shape index (κ3) is 5.89. The van der Waals surface area contributed by atoms with Crippen LogP contribution in [-0.4, -0.2) is 47.7 Å². The molecule has 0 bridgehead atoms. The van der Waals surface area contributed by atoms with Gasteiger partial charge < -0.3 is 14.0 Å². The lowest BCUT2D eigenvalue weighted by atomic mass is 10.1. The Morgan fingerprint density at radius 2 is 2.04 bits per heavy atom. The summed E-state index contributed by atoms with van der Waals surface area (Å²) < 4.78 is 22.1. The van der Waals surface area contributed by atoms with Gasteiger partial charge in [-0.3, -0.25) is 15.5 Å². The Morgan fingerprint density at radius 1 is 1.31 bits per heavy atom. The van der Waals surface area contributed by atoms with Crippen molar-refractivity contribution in [3.05, 3.63) is 40.9 Å². The Labute approximate surface area is 159 Å². The molecule has 140 valence electrons. The summed E-state index contributed by atoms with van der Waals surface area (Å²) in [5.74, 6) is -0.0313. The minimum absolute atomic E-state index is 0.176. The van der Waals surface area contributed by atoms with Crippen LogP contribution in [0.15, 0.2) is 35.4 Å². The van der Waals surface area contributed by atoms with Crippen LogP contribution in [0.4, 0.5) is 5.13 Å². The predicted molar refractivity (Wildman–Crippen MR) is 102 cm³/mol. The van der Waals surface area contributed by atoms with Crippen LogP contribution >= 0.6 is 11.3 Å². The summed E-state index contributed by atoms with van der Waals surface area (Å²) >= 11 is 0.180. The van der Waals surface area contributed by atoms with E-state index >= 15 is 0 Å². The van der Waals surface area contributed by atoms with E-state index < -0.39 is 17.1 Å². The zero-order valence-corrected chi connectivity index (χ0v) is 16.2. The highest BCUT2D eigenvalue weighted by molar-refractivity contribution is 7.91. The number of carbonyl (C=O) groups excluding carboxylic acids is 1. The molecule has 0 saturated heterocycles. The molecule has 1 atom stereocenters. The molecule has 0 aliphatic carbocycles. The molecule has 1 aromatic heterocycles. The molecule has 7 nitrogen and oxygen atoms in total. The largest absolute Gasteiger partial charge is 0.611 e. The van der Waals surface area contributed by atoms with Gasteiger partial charge in [0.1, 0.15) is 11.5 Å². The molecule has 1 heterocycles.